The van der Waals surface area contributed by atoms with Crippen LogP contribution in [0.4, 0.5) is 0 Å². The Kier molecular flexibility index (Phi) is 5.54. The lowest BCUT2D eigenvalue weighted by molar-refractivity contribution is 0.555. The fourth-order valence-corrected chi connectivity index (χ4v) is 2.46. The fraction of sp³-hybridized carbons (Fsp3) is 0.600. The SMILES string of the molecule is CCC(C)c1ccc(C(Br)C(C)CC)cc1. The highest BCUT2D eigenvalue weighted by Crippen LogP contribution is 2.33. The van der Waals surface area contributed by atoms with Gasteiger partial charge in [-0.3, -0.25) is 0 Å². The molecule has 0 spiro atoms. The number of rotatable bonds is 5. The monoisotopic (exact) mass is 282 g/mol. The fourth-order valence-electron chi connectivity index (χ4n) is 1.78. The number of halogens is 1. The first kappa shape index (κ1) is 13.8. The first-order valence-electron chi connectivity index (χ1n) is 6.34. The summed E-state index contributed by atoms with van der Waals surface area (Å²) in [5, 5.41) is 0. The third kappa shape index (κ3) is 3.35. The molecule has 3 atom stereocenters. The van der Waals surface area contributed by atoms with Crippen molar-refractivity contribution in [2.24, 2.45) is 5.92 Å². The molecule has 0 aliphatic rings. The molecule has 0 N–H and O–H groups in total. The minimum atomic E-state index is 0.489. The van der Waals surface area contributed by atoms with Gasteiger partial charge in [0.1, 0.15) is 0 Å². The van der Waals surface area contributed by atoms with Crippen LogP contribution >= 0.6 is 15.9 Å². The van der Waals surface area contributed by atoms with Crippen molar-refractivity contribution in [2.45, 2.75) is 51.3 Å². The Morgan fingerprint density at radius 3 is 1.88 bits per heavy atom. The van der Waals surface area contributed by atoms with Gasteiger partial charge in [-0.1, -0.05) is 74.3 Å². The zero-order valence-electron chi connectivity index (χ0n) is 10.8. The molecular weight excluding hydrogens is 260 g/mol. The first-order valence-corrected chi connectivity index (χ1v) is 7.25. The van der Waals surface area contributed by atoms with E-state index in [0.717, 1.165) is 0 Å². The quantitative estimate of drug-likeness (QED) is 0.610. The molecule has 90 valence electrons. The van der Waals surface area contributed by atoms with E-state index in [1.165, 1.54) is 24.0 Å². The predicted molar refractivity (Wildman–Crippen MR) is 76.3 cm³/mol. The number of hydrogen-bond acceptors (Lipinski definition) is 0. The lowest BCUT2D eigenvalue weighted by Crippen LogP contribution is -2.02. The van der Waals surface area contributed by atoms with Crippen LogP contribution in [-0.4, -0.2) is 0 Å². The van der Waals surface area contributed by atoms with Crippen LogP contribution < -0.4 is 0 Å². The Bertz CT molecular complexity index is 302. The van der Waals surface area contributed by atoms with E-state index in [0.29, 0.717) is 16.7 Å². The van der Waals surface area contributed by atoms with E-state index in [4.69, 9.17) is 0 Å². The minimum absolute atomic E-state index is 0.489. The van der Waals surface area contributed by atoms with E-state index in [1.807, 2.05) is 0 Å². The number of hydrogen-bond donors (Lipinski definition) is 0. The van der Waals surface area contributed by atoms with Crippen molar-refractivity contribution < 1.29 is 0 Å². The molecule has 1 aromatic rings. The van der Waals surface area contributed by atoms with Crippen molar-refractivity contribution in [2.75, 3.05) is 0 Å². The second kappa shape index (κ2) is 6.44. The van der Waals surface area contributed by atoms with Gasteiger partial charge in [0, 0.05) is 4.83 Å². The number of benzene rings is 1. The van der Waals surface area contributed by atoms with Crippen molar-refractivity contribution >= 4 is 15.9 Å². The van der Waals surface area contributed by atoms with Gasteiger partial charge in [-0.15, -0.1) is 0 Å². The molecule has 0 saturated heterocycles. The maximum Gasteiger partial charge on any atom is 0.0420 e. The zero-order chi connectivity index (χ0) is 12.1. The van der Waals surface area contributed by atoms with Crippen molar-refractivity contribution in [3.8, 4) is 0 Å². The summed E-state index contributed by atoms with van der Waals surface area (Å²) in [6, 6.07) is 9.10. The van der Waals surface area contributed by atoms with Gasteiger partial charge >= 0.3 is 0 Å². The van der Waals surface area contributed by atoms with Gasteiger partial charge in [-0.25, -0.2) is 0 Å². The molecule has 0 aromatic heterocycles. The molecule has 0 saturated carbocycles. The van der Waals surface area contributed by atoms with Crippen molar-refractivity contribution in [1.29, 1.82) is 0 Å². The molecular formula is C15H23Br. The average molecular weight is 283 g/mol. The van der Waals surface area contributed by atoms with Gasteiger partial charge in [-0.2, -0.15) is 0 Å². The highest BCUT2D eigenvalue weighted by Gasteiger charge is 2.14. The molecule has 3 unspecified atom stereocenters. The molecule has 0 aliphatic heterocycles. The molecule has 1 heteroatoms. The molecule has 1 aromatic carbocycles. The molecule has 0 radical (unpaired) electrons. The third-order valence-electron chi connectivity index (χ3n) is 3.58. The second-order valence-corrected chi connectivity index (χ2v) is 5.75. The van der Waals surface area contributed by atoms with Gasteiger partial charge < -0.3 is 0 Å². The standard InChI is InChI=1S/C15H23Br/c1-5-11(3)13-7-9-14(10-8-13)15(16)12(4)6-2/h7-12,15H,5-6H2,1-4H3. The first-order chi connectivity index (χ1) is 7.60. The molecule has 0 nitrogen and oxygen atoms in total. The normalized spacial score (nSPS) is 16.8. The van der Waals surface area contributed by atoms with Crippen LogP contribution in [0.15, 0.2) is 24.3 Å². The highest BCUT2D eigenvalue weighted by atomic mass is 79.9. The molecule has 0 amide bonds. The Balaban J connectivity index is 2.78. The van der Waals surface area contributed by atoms with E-state index < -0.39 is 0 Å². The maximum atomic E-state index is 3.79. The van der Waals surface area contributed by atoms with Crippen LogP contribution in [0.5, 0.6) is 0 Å². The molecule has 1 rings (SSSR count). The van der Waals surface area contributed by atoms with Gasteiger partial charge in [0.05, 0.1) is 0 Å². The molecule has 0 aliphatic carbocycles. The third-order valence-corrected chi connectivity index (χ3v) is 5.01. The summed E-state index contributed by atoms with van der Waals surface area (Å²) in [6.45, 7) is 9.06. The van der Waals surface area contributed by atoms with Crippen molar-refractivity contribution in [1.82, 2.24) is 0 Å². The Morgan fingerprint density at radius 2 is 1.44 bits per heavy atom. The van der Waals surface area contributed by atoms with E-state index in [1.54, 1.807) is 0 Å². The average Bonchev–Trinajstić information content (AvgIpc) is 2.36. The molecule has 0 heterocycles. The zero-order valence-corrected chi connectivity index (χ0v) is 12.4. The minimum Gasteiger partial charge on any atom is -0.0836 e. The van der Waals surface area contributed by atoms with Crippen LogP contribution in [0, 0.1) is 5.92 Å². The van der Waals surface area contributed by atoms with E-state index in [-0.39, 0.29) is 0 Å². The Labute approximate surface area is 109 Å². The van der Waals surface area contributed by atoms with Crippen molar-refractivity contribution in [3.63, 3.8) is 0 Å². The van der Waals surface area contributed by atoms with Gasteiger partial charge in [0.15, 0.2) is 0 Å². The maximum absolute atomic E-state index is 3.79. The van der Waals surface area contributed by atoms with Crippen LogP contribution in [-0.2, 0) is 0 Å². The lowest BCUT2D eigenvalue weighted by atomic mass is 9.94. The molecule has 0 fully saturated rings. The topological polar surface area (TPSA) is 0 Å². The summed E-state index contributed by atoms with van der Waals surface area (Å²) < 4.78 is 0. The summed E-state index contributed by atoms with van der Waals surface area (Å²) >= 11 is 3.79. The van der Waals surface area contributed by atoms with E-state index in [2.05, 4.69) is 67.9 Å². The van der Waals surface area contributed by atoms with Crippen LogP contribution in [0.1, 0.15) is 62.4 Å². The lowest BCUT2D eigenvalue weighted by Gasteiger charge is -2.18. The van der Waals surface area contributed by atoms with E-state index >= 15 is 0 Å². The second-order valence-electron chi connectivity index (χ2n) is 4.76. The predicted octanol–water partition coefficient (Wildman–Crippen LogP) is 5.68. The van der Waals surface area contributed by atoms with Gasteiger partial charge in [0.2, 0.25) is 0 Å². The summed E-state index contributed by atoms with van der Waals surface area (Å²) in [7, 11) is 0. The van der Waals surface area contributed by atoms with Crippen molar-refractivity contribution in [3.05, 3.63) is 35.4 Å². The number of alkyl halides is 1. The smallest absolute Gasteiger partial charge is 0.0420 e. The largest absolute Gasteiger partial charge is 0.0836 e. The van der Waals surface area contributed by atoms with Crippen LogP contribution in [0.2, 0.25) is 0 Å². The summed E-state index contributed by atoms with van der Waals surface area (Å²) in [6.07, 6.45) is 2.42. The van der Waals surface area contributed by atoms with Gasteiger partial charge in [0.25, 0.3) is 0 Å². The highest BCUT2D eigenvalue weighted by molar-refractivity contribution is 9.09. The summed E-state index contributed by atoms with van der Waals surface area (Å²) in [5.41, 5.74) is 2.86. The Morgan fingerprint density at radius 1 is 0.938 bits per heavy atom. The van der Waals surface area contributed by atoms with Crippen LogP contribution in [0.3, 0.4) is 0 Å². The summed E-state index contributed by atoms with van der Waals surface area (Å²) in [4.78, 5) is 0.489. The van der Waals surface area contributed by atoms with Gasteiger partial charge in [-0.05, 0) is 29.4 Å². The Hall–Kier alpha value is -0.300. The molecule has 0 bridgehead atoms. The summed E-state index contributed by atoms with van der Waals surface area (Å²) in [5.74, 6) is 1.36. The van der Waals surface area contributed by atoms with Crippen LogP contribution in [0.25, 0.3) is 0 Å². The molecule has 16 heavy (non-hydrogen) atoms. The van der Waals surface area contributed by atoms with E-state index in [9.17, 15) is 0 Å².